The molecule has 4 heteroatoms. The van der Waals surface area contributed by atoms with Crippen LogP contribution in [-0.2, 0) is 0 Å². The highest BCUT2D eigenvalue weighted by atomic mass is 79.9. The van der Waals surface area contributed by atoms with Crippen LogP contribution in [0.25, 0.3) is 5.57 Å². The second-order valence-electron chi connectivity index (χ2n) is 4.55. The van der Waals surface area contributed by atoms with Crippen LogP contribution in [0, 0.1) is 17.2 Å². The summed E-state index contributed by atoms with van der Waals surface area (Å²) in [5.74, 6) is 0.735. The van der Waals surface area contributed by atoms with Gasteiger partial charge in [0.1, 0.15) is 10.7 Å². The van der Waals surface area contributed by atoms with Gasteiger partial charge in [-0.25, -0.2) is 4.98 Å². The van der Waals surface area contributed by atoms with Crippen molar-refractivity contribution in [3.63, 3.8) is 0 Å². The van der Waals surface area contributed by atoms with Crippen molar-refractivity contribution in [2.45, 2.75) is 18.9 Å². The fraction of sp³-hybridized carbons (Fsp3) is 0.385. The van der Waals surface area contributed by atoms with E-state index in [-0.39, 0.29) is 0 Å². The number of halogens is 1. The average molecular weight is 290 g/mol. The van der Waals surface area contributed by atoms with Gasteiger partial charge in [0.2, 0.25) is 0 Å². The fourth-order valence-corrected chi connectivity index (χ4v) is 3.07. The second-order valence-corrected chi connectivity index (χ2v) is 5.30. The molecule has 1 aliphatic heterocycles. The molecule has 17 heavy (non-hydrogen) atoms. The second kappa shape index (κ2) is 4.25. The van der Waals surface area contributed by atoms with Gasteiger partial charge in [0.15, 0.2) is 0 Å². The first-order valence-electron chi connectivity index (χ1n) is 5.79. The molecule has 0 amide bonds. The van der Waals surface area contributed by atoms with Gasteiger partial charge in [0.25, 0.3) is 0 Å². The Morgan fingerprint density at radius 3 is 3.24 bits per heavy atom. The highest BCUT2D eigenvalue weighted by molar-refractivity contribution is 9.10. The van der Waals surface area contributed by atoms with Gasteiger partial charge in [-0.05, 0) is 58.4 Å². The third-order valence-electron chi connectivity index (χ3n) is 3.62. The summed E-state index contributed by atoms with van der Waals surface area (Å²) in [6.07, 6.45) is 6.53. The summed E-state index contributed by atoms with van der Waals surface area (Å²) in [6, 6.07) is 4.55. The maximum absolute atomic E-state index is 9.02. The van der Waals surface area contributed by atoms with E-state index in [1.807, 2.05) is 12.3 Å². The minimum Gasteiger partial charge on any atom is -0.310 e. The number of rotatable bonds is 1. The number of allylic oxidation sites excluding steroid dienone is 1. The lowest BCUT2D eigenvalue weighted by Crippen LogP contribution is -2.24. The van der Waals surface area contributed by atoms with Gasteiger partial charge < -0.3 is 5.32 Å². The van der Waals surface area contributed by atoms with Gasteiger partial charge in [0.05, 0.1) is 5.56 Å². The zero-order chi connectivity index (χ0) is 11.8. The van der Waals surface area contributed by atoms with E-state index in [9.17, 15) is 0 Å². The van der Waals surface area contributed by atoms with Crippen molar-refractivity contribution in [1.29, 1.82) is 5.26 Å². The molecule has 86 valence electrons. The molecule has 1 N–H and O–H groups in total. The van der Waals surface area contributed by atoms with Gasteiger partial charge in [-0.3, -0.25) is 0 Å². The van der Waals surface area contributed by atoms with E-state index < -0.39 is 0 Å². The van der Waals surface area contributed by atoms with Crippen LogP contribution in [0.5, 0.6) is 0 Å². The molecule has 1 aromatic heterocycles. The molecule has 0 aromatic carbocycles. The van der Waals surface area contributed by atoms with Gasteiger partial charge in [-0.2, -0.15) is 5.26 Å². The molecule has 3 rings (SSSR count). The Hall–Kier alpha value is -1.18. The molecule has 2 aliphatic rings. The normalized spacial score (nSPS) is 26.5. The Morgan fingerprint density at radius 2 is 2.41 bits per heavy atom. The Bertz CT molecular complexity index is 530. The van der Waals surface area contributed by atoms with E-state index in [4.69, 9.17) is 5.26 Å². The molecule has 0 bridgehead atoms. The molecule has 1 aromatic rings. The Labute approximate surface area is 109 Å². The zero-order valence-electron chi connectivity index (χ0n) is 9.28. The summed E-state index contributed by atoms with van der Waals surface area (Å²) in [7, 11) is 0. The van der Waals surface area contributed by atoms with E-state index in [0.717, 1.165) is 24.4 Å². The number of fused-ring (bicyclic) bond motifs is 1. The number of hydrogen-bond acceptors (Lipinski definition) is 3. The van der Waals surface area contributed by atoms with Crippen LogP contribution < -0.4 is 5.32 Å². The molecule has 0 spiro atoms. The predicted octanol–water partition coefficient (Wildman–Crippen LogP) is 2.48. The van der Waals surface area contributed by atoms with Crippen molar-refractivity contribution in [3.05, 3.63) is 34.1 Å². The van der Waals surface area contributed by atoms with E-state index in [2.05, 4.69) is 38.4 Å². The van der Waals surface area contributed by atoms with Crippen LogP contribution in [0.4, 0.5) is 0 Å². The lowest BCUT2D eigenvalue weighted by atomic mass is 9.97. The van der Waals surface area contributed by atoms with Crippen LogP contribution >= 0.6 is 15.9 Å². The first-order valence-corrected chi connectivity index (χ1v) is 6.58. The molecule has 1 fully saturated rings. The molecule has 0 saturated carbocycles. The molecule has 0 unspecified atom stereocenters. The number of nitrogens with zero attached hydrogens (tertiary/aromatic N) is 2. The van der Waals surface area contributed by atoms with Crippen molar-refractivity contribution in [3.8, 4) is 6.07 Å². The third-order valence-corrected chi connectivity index (χ3v) is 4.25. The average Bonchev–Trinajstić information content (AvgIpc) is 2.92. The lowest BCUT2D eigenvalue weighted by Gasteiger charge is -2.15. The number of aromatic nitrogens is 1. The van der Waals surface area contributed by atoms with Gasteiger partial charge in [-0.15, -0.1) is 0 Å². The summed E-state index contributed by atoms with van der Waals surface area (Å²) in [5.41, 5.74) is 2.99. The van der Waals surface area contributed by atoms with Gasteiger partial charge >= 0.3 is 0 Å². The van der Waals surface area contributed by atoms with E-state index in [1.54, 1.807) is 0 Å². The highest BCUT2D eigenvalue weighted by Crippen LogP contribution is 2.37. The fourth-order valence-electron chi connectivity index (χ4n) is 2.76. The van der Waals surface area contributed by atoms with E-state index in [1.165, 1.54) is 12.0 Å². The molecular weight excluding hydrogens is 278 g/mol. The molecule has 2 atom stereocenters. The summed E-state index contributed by atoms with van der Waals surface area (Å²) in [4.78, 5) is 4.23. The minimum atomic E-state index is 0.463. The molecule has 1 saturated heterocycles. The topological polar surface area (TPSA) is 48.7 Å². The largest absolute Gasteiger partial charge is 0.310 e. The SMILES string of the molecule is N#Cc1cc(C2=CC[C@H]3CCN[C@@H]23)cnc1Br. The van der Waals surface area contributed by atoms with E-state index in [0.29, 0.717) is 16.2 Å². The molecule has 0 radical (unpaired) electrons. The number of nitrogens with one attached hydrogen (secondary N) is 1. The molecule has 2 heterocycles. The van der Waals surface area contributed by atoms with Gasteiger partial charge in [-0.1, -0.05) is 6.08 Å². The van der Waals surface area contributed by atoms with Crippen molar-refractivity contribution >= 4 is 21.5 Å². The molecule has 1 aliphatic carbocycles. The number of nitriles is 1. The molecule has 3 nitrogen and oxygen atoms in total. The lowest BCUT2D eigenvalue weighted by molar-refractivity contribution is 0.557. The Balaban J connectivity index is 1.98. The summed E-state index contributed by atoms with van der Waals surface area (Å²) >= 11 is 3.29. The number of hydrogen-bond donors (Lipinski definition) is 1. The van der Waals surface area contributed by atoms with Crippen LogP contribution in [0.15, 0.2) is 22.9 Å². The maximum atomic E-state index is 9.02. The first kappa shape index (κ1) is 10.9. The van der Waals surface area contributed by atoms with Crippen molar-refractivity contribution < 1.29 is 0 Å². The van der Waals surface area contributed by atoms with Crippen molar-refractivity contribution in [1.82, 2.24) is 10.3 Å². The summed E-state index contributed by atoms with van der Waals surface area (Å²) in [6.45, 7) is 1.10. The smallest absolute Gasteiger partial charge is 0.123 e. The van der Waals surface area contributed by atoms with Crippen LogP contribution in [0.3, 0.4) is 0 Å². The zero-order valence-corrected chi connectivity index (χ0v) is 10.9. The van der Waals surface area contributed by atoms with Crippen LogP contribution in [0.2, 0.25) is 0 Å². The number of pyridine rings is 1. The van der Waals surface area contributed by atoms with Gasteiger partial charge in [0, 0.05) is 12.2 Å². The summed E-state index contributed by atoms with van der Waals surface area (Å²) in [5, 5.41) is 12.5. The third kappa shape index (κ3) is 1.80. The van der Waals surface area contributed by atoms with Crippen LogP contribution in [0.1, 0.15) is 24.0 Å². The summed E-state index contributed by atoms with van der Waals surface area (Å²) < 4.78 is 0.623. The quantitative estimate of drug-likeness (QED) is 0.808. The maximum Gasteiger partial charge on any atom is 0.123 e. The Kier molecular flexibility index (Phi) is 2.73. The Morgan fingerprint density at radius 1 is 1.53 bits per heavy atom. The standard InChI is InChI=1S/C13H12BrN3/c14-13-9(6-15)5-10(7-17-13)11-2-1-8-3-4-16-12(8)11/h2,5,7-8,12,16H,1,3-4H2/t8-,12+/m0/s1. The predicted molar refractivity (Wildman–Crippen MR) is 69.1 cm³/mol. The van der Waals surface area contributed by atoms with Crippen LogP contribution in [-0.4, -0.2) is 17.6 Å². The van der Waals surface area contributed by atoms with Crippen molar-refractivity contribution in [2.24, 2.45) is 5.92 Å². The minimum absolute atomic E-state index is 0.463. The highest BCUT2D eigenvalue weighted by Gasteiger charge is 2.34. The monoisotopic (exact) mass is 289 g/mol. The van der Waals surface area contributed by atoms with Crippen molar-refractivity contribution in [2.75, 3.05) is 6.54 Å². The first-order chi connectivity index (χ1) is 8.29. The molecular formula is C13H12BrN3. The van der Waals surface area contributed by atoms with E-state index >= 15 is 0 Å².